The molecule has 0 atom stereocenters. The number of rotatable bonds is 3. The molecule has 0 radical (unpaired) electrons. The average Bonchev–Trinajstić information content (AvgIpc) is 2.35. The number of aryl methyl sites for hydroxylation is 1. The van der Waals surface area contributed by atoms with Gasteiger partial charge in [-0.2, -0.15) is 8.42 Å². The summed E-state index contributed by atoms with van der Waals surface area (Å²) in [5.41, 5.74) is 6.13. The molecule has 0 fully saturated rings. The number of benzene rings is 1. The van der Waals surface area contributed by atoms with Crippen LogP contribution in [0.2, 0.25) is 0 Å². The Morgan fingerprint density at radius 3 is 2.37 bits per heavy atom. The number of nitrogens with two attached hydrogens (primary N) is 1. The van der Waals surface area contributed by atoms with Crippen molar-refractivity contribution in [3.05, 3.63) is 29.8 Å². The van der Waals surface area contributed by atoms with Gasteiger partial charge in [0.15, 0.2) is 0 Å². The molecule has 19 heavy (non-hydrogen) atoms. The predicted molar refractivity (Wildman–Crippen MR) is 74.9 cm³/mol. The van der Waals surface area contributed by atoms with Crippen molar-refractivity contribution < 1.29 is 12.7 Å². The molecule has 0 amide bonds. The number of nitrogens with zero attached hydrogens (tertiary/aromatic N) is 1. The van der Waals surface area contributed by atoms with Crippen LogP contribution in [0.3, 0.4) is 0 Å². The first-order valence-corrected chi connectivity index (χ1v) is 6.96. The first-order chi connectivity index (χ1) is 8.77. The molecular weight excluding hydrogens is 288 g/mol. The van der Waals surface area contributed by atoms with Crippen LogP contribution in [0, 0.1) is 12.3 Å². The summed E-state index contributed by atoms with van der Waals surface area (Å²) in [6, 6.07) is 6.05. The Morgan fingerprint density at radius 1 is 1.42 bits per heavy atom. The molecule has 0 aliphatic carbocycles. The SMILES string of the molecule is CNC(=S)N(OS(=O)(=O)c1ccc(C)cc1)C(=N)N. The number of hydrogen-bond donors (Lipinski definition) is 3. The third-order valence-electron chi connectivity index (χ3n) is 2.10. The maximum Gasteiger partial charge on any atom is 0.318 e. The Labute approximate surface area is 116 Å². The highest BCUT2D eigenvalue weighted by molar-refractivity contribution is 7.86. The first kappa shape index (κ1) is 15.3. The quantitative estimate of drug-likeness (QED) is 0.319. The van der Waals surface area contributed by atoms with E-state index in [1.54, 1.807) is 12.1 Å². The summed E-state index contributed by atoms with van der Waals surface area (Å²) in [5, 5.41) is 10.1. The van der Waals surface area contributed by atoms with Crippen LogP contribution in [-0.4, -0.2) is 31.6 Å². The van der Waals surface area contributed by atoms with E-state index in [1.165, 1.54) is 19.2 Å². The molecule has 0 heterocycles. The van der Waals surface area contributed by atoms with Gasteiger partial charge in [0.1, 0.15) is 0 Å². The fourth-order valence-electron chi connectivity index (χ4n) is 1.13. The van der Waals surface area contributed by atoms with Gasteiger partial charge in [0.25, 0.3) is 0 Å². The highest BCUT2D eigenvalue weighted by Gasteiger charge is 2.24. The van der Waals surface area contributed by atoms with Crippen LogP contribution in [0.15, 0.2) is 29.2 Å². The average molecular weight is 302 g/mol. The Hall–Kier alpha value is -1.71. The smallest absolute Gasteiger partial charge is 0.318 e. The molecule has 9 heteroatoms. The number of nitrogens with one attached hydrogen (secondary N) is 2. The minimum absolute atomic E-state index is 0.0525. The van der Waals surface area contributed by atoms with Gasteiger partial charge in [-0.3, -0.25) is 5.41 Å². The lowest BCUT2D eigenvalue weighted by atomic mass is 10.2. The van der Waals surface area contributed by atoms with Crippen LogP contribution in [-0.2, 0) is 14.4 Å². The van der Waals surface area contributed by atoms with Gasteiger partial charge >= 0.3 is 10.1 Å². The van der Waals surface area contributed by atoms with Crippen LogP contribution in [0.25, 0.3) is 0 Å². The van der Waals surface area contributed by atoms with Gasteiger partial charge in [-0.15, -0.1) is 9.35 Å². The van der Waals surface area contributed by atoms with Crippen LogP contribution in [0.5, 0.6) is 0 Å². The molecule has 1 aromatic carbocycles. The van der Waals surface area contributed by atoms with E-state index >= 15 is 0 Å². The molecule has 0 bridgehead atoms. The van der Waals surface area contributed by atoms with E-state index in [1.807, 2.05) is 6.92 Å². The van der Waals surface area contributed by atoms with Gasteiger partial charge in [0.05, 0.1) is 4.90 Å². The number of hydroxylamine groups is 2. The van der Waals surface area contributed by atoms with Gasteiger partial charge in [-0.25, -0.2) is 0 Å². The second-order valence-corrected chi connectivity index (χ2v) is 5.49. The summed E-state index contributed by atoms with van der Waals surface area (Å²) in [6.07, 6.45) is 0. The molecule has 7 nitrogen and oxygen atoms in total. The zero-order chi connectivity index (χ0) is 14.6. The van der Waals surface area contributed by atoms with E-state index in [4.69, 9.17) is 27.6 Å². The fraction of sp³-hybridized carbons (Fsp3) is 0.200. The van der Waals surface area contributed by atoms with E-state index in [2.05, 4.69) is 5.32 Å². The monoisotopic (exact) mass is 302 g/mol. The molecule has 0 saturated heterocycles. The molecule has 1 rings (SSSR count). The summed E-state index contributed by atoms with van der Waals surface area (Å²) in [4.78, 5) is -0.0525. The van der Waals surface area contributed by atoms with E-state index < -0.39 is 16.1 Å². The van der Waals surface area contributed by atoms with Crippen LogP contribution < -0.4 is 11.1 Å². The van der Waals surface area contributed by atoms with Crippen molar-refractivity contribution in [2.45, 2.75) is 11.8 Å². The van der Waals surface area contributed by atoms with Gasteiger partial charge in [0, 0.05) is 7.05 Å². The standard InChI is InChI=1S/C10H14N4O3S2/c1-7-3-5-8(6-4-7)19(15,16)17-14(9(11)12)10(18)13-2/h3-6H,1-2H3,(H3,11,12)(H,13,18). The Kier molecular flexibility index (Phi) is 4.81. The lowest BCUT2D eigenvalue weighted by Crippen LogP contribution is -2.46. The maximum atomic E-state index is 12.0. The highest BCUT2D eigenvalue weighted by atomic mass is 32.2. The van der Waals surface area contributed by atoms with Gasteiger partial charge in [-0.1, -0.05) is 17.7 Å². The number of guanidine groups is 1. The number of thiocarbonyl (C=S) groups is 1. The second-order valence-electron chi connectivity index (χ2n) is 3.58. The molecule has 0 aliphatic heterocycles. The lowest BCUT2D eigenvalue weighted by molar-refractivity contribution is 0.103. The van der Waals surface area contributed by atoms with E-state index in [0.29, 0.717) is 5.06 Å². The minimum Gasteiger partial charge on any atom is -0.368 e. The predicted octanol–water partition coefficient (Wildman–Crippen LogP) is 0.315. The van der Waals surface area contributed by atoms with Crippen molar-refractivity contribution in [3.63, 3.8) is 0 Å². The van der Waals surface area contributed by atoms with E-state index in [9.17, 15) is 8.42 Å². The summed E-state index contributed by atoms with van der Waals surface area (Å²) in [5.74, 6) is -0.643. The largest absolute Gasteiger partial charge is 0.368 e. The van der Waals surface area contributed by atoms with Crippen LogP contribution in [0.1, 0.15) is 5.56 Å². The lowest BCUT2D eigenvalue weighted by Gasteiger charge is -2.20. The topological polar surface area (TPSA) is 109 Å². The second kappa shape index (κ2) is 5.95. The van der Waals surface area contributed by atoms with Crippen molar-refractivity contribution >= 4 is 33.4 Å². The minimum atomic E-state index is -4.10. The molecule has 0 aliphatic rings. The Bertz CT molecular complexity index is 583. The summed E-state index contributed by atoms with van der Waals surface area (Å²) in [7, 11) is -2.64. The normalized spacial score (nSPS) is 10.8. The molecule has 0 unspecified atom stereocenters. The fourth-order valence-corrected chi connectivity index (χ4v) is 2.22. The number of hydrogen-bond acceptors (Lipinski definition) is 5. The van der Waals surface area contributed by atoms with Gasteiger partial charge < -0.3 is 11.1 Å². The molecule has 0 saturated carbocycles. The third-order valence-corrected chi connectivity index (χ3v) is 3.66. The maximum absolute atomic E-state index is 12.0. The van der Waals surface area contributed by atoms with Crippen molar-refractivity contribution in [1.29, 1.82) is 5.41 Å². The van der Waals surface area contributed by atoms with Crippen molar-refractivity contribution in [1.82, 2.24) is 10.4 Å². The first-order valence-electron chi connectivity index (χ1n) is 5.15. The van der Waals surface area contributed by atoms with Crippen molar-refractivity contribution in [2.75, 3.05) is 7.05 Å². The highest BCUT2D eigenvalue weighted by Crippen LogP contribution is 2.14. The van der Waals surface area contributed by atoms with E-state index in [-0.39, 0.29) is 10.0 Å². The van der Waals surface area contributed by atoms with Crippen LogP contribution in [0.4, 0.5) is 0 Å². The summed E-state index contributed by atoms with van der Waals surface area (Å²) < 4.78 is 28.7. The van der Waals surface area contributed by atoms with Gasteiger partial charge in [0.2, 0.25) is 11.1 Å². The molecule has 1 aromatic rings. The molecule has 104 valence electrons. The third kappa shape index (κ3) is 3.88. The summed E-state index contributed by atoms with van der Waals surface area (Å²) >= 11 is 4.80. The molecular formula is C10H14N4O3S2. The van der Waals surface area contributed by atoms with E-state index in [0.717, 1.165) is 5.56 Å². The van der Waals surface area contributed by atoms with Gasteiger partial charge in [-0.05, 0) is 31.3 Å². The summed E-state index contributed by atoms with van der Waals surface area (Å²) in [6.45, 7) is 1.83. The van der Waals surface area contributed by atoms with Crippen molar-refractivity contribution in [3.8, 4) is 0 Å². The Balaban J connectivity index is 3.04. The zero-order valence-electron chi connectivity index (χ0n) is 10.4. The Morgan fingerprint density at radius 2 is 1.95 bits per heavy atom. The van der Waals surface area contributed by atoms with Crippen LogP contribution >= 0.6 is 12.2 Å². The molecule has 4 N–H and O–H groups in total. The molecule has 0 spiro atoms. The van der Waals surface area contributed by atoms with Crippen molar-refractivity contribution in [2.24, 2.45) is 5.73 Å². The molecule has 0 aromatic heterocycles. The zero-order valence-corrected chi connectivity index (χ0v) is 12.0.